The monoisotopic (exact) mass is 496 g/mol. The highest BCUT2D eigenvalue weighted by atomic mass is 127. The zero-order chi connectivity index (χ0) is 18.9. The van der Waals surface area contributed by atoms with Crippen molar-refractivity contribution >= 4 is 35.8 Å². The lowest BCUT2D eigenvalue weighted by Gasteiger charge is -2.16. The van der Waals surface area contributed by atoms with Crippen LogP contribution < -0.4 is 10.6 Å². The van der Waals surface area contributed by atoms with Crippen molar-refractivity contribution in [1.82, 2.24) is 25.1 Å². The average Bonchev–Trinajstić information content (AvgIpc) is 3.35. The molecule has 1 aliphatic heterocycles. The number of rotatable bonds is 8. The van der Waals surface area contributed by atoms with Gasteiger partial charge in [0.15, 0.2) is 5.96 Å². The summed E-state index contributed by atoms with van der Waals surface area (Å²) in [6.45, 7) is 5.94. The van der Waals surface area contributed by atoms with E-state index >= 15 is 0 Å². The van der Waals surface area contributed by atoms with Crippen molar-refractivity contribution in [2.24, 2.45) is 4.99 Å². The number of amides is 1. The fourth-order valence-electron chi connectivity index (χ4n) is 3.22. The summed E-state index contributed by atoms with van der Waals surface area (Å²) in [5.41, 5.74) is 2.22. The van der Waals surface area contributed by atoms with E-state index in [1.54, 1.807) is 12.5 Å². The number of likely N-dealkylation sites (tertiary alicyclic amines) is 1. The number of hydrogen-bond donors (Lipinski definition) is 2. The molecule has 0 aliphatic carbocycles. The summed E-state index contributed by atoms with van der Waals surface area (Å²) >= 11 is 0. The number of carbonyl (C=O) groups is 1. The molecule has 2 N–H and O–H groups in total. The van der Waals surface area contributed by atoms with Gasteiger partial charge in [0.05, 0.1) is 18.6 Å². The highest BCUT2D eigenvalue weighted by Crippen LogP contribution is 2.15. The van der Waals surface area contributed by atoms with E-state index in [0.717, 1.165) is 56.2 Å². The first-order valence-electron chi connectivity index (χ1n) is 9.64. The molecular formula is C20H29IN6O. The van der Waals surface area contributed by atoms with Crippen LogP contribution >= 0.6 is 24.0 Å². The Kier molecular flexibility index (Phi) is 9.26. The molecular weight excluding hydrogens is 467 g/mol. The third-order valence-electron chi connectivity index (χ3n) is 4.59. The Morgan fingerprint density at radius 3 is 2.86 bits per heavy atom. The van der Waals surface area contributed by atoms with Gasteiger partial charge in [-0.3, -0.25) is 4.79 Å². The quantitative estimate of drug-likeness (QED) is 0.255. The molecule has 1 saturated heterocycles. The van der Waals surface area contributed by atoms with Crippen LogP contribution in [-0.4, -0.2) is 52.5 Å². The summed E-state index contributed by atoms with van der Waals surface area (Å²) < 4.78 is 2.00. The highest BCUT2D eigenvalue weighted by molar-refractivity contribution is 14.0. The van der Waals surface area contributed by atoms with Gasteiger partial charge >= 0.3 is 0 Å². The number of halogens is 1. The molecule has 0 spiro atoms. The summed E-state index contributed by atoms with van der Waals surface area (Å²) in [6.07, 6.45) is 8.12. The van der Waals surface area contributed by atoms with Crippen LogP contribution in [0.15, 0.2) is 48.0 Å². The number of hydrogen-bond acceptors (Lipinski definition) is 3. The number of benzene rings is 1. The van der Waals surface area contributed by atoms with E-state index in [1.165, 1.54) is 0 Å². The van der Waals surface area contributed by atoms with Crippen molar-refractivity contribution in [3.05, 3.63) is 48.5 Å². The Hall–Kier alpha value is -2.10. The minimum absolute atomic E-state index is 0. The predicted octanol–water partition coefficient (Wildman–Crippen LogP) is 2.56. The first-order valence-corrected chi connectivity index (χ1v) is 9.64. The third kappa shape index (κ3) is 6.22. The largest absolute Gasteiger partial charge is 0.357 e. The average molecular weight is 496 g/mol. The fourth-order valence-corrected chi connectivity index (χ4v) is 3.22. The number of imidazole rings is 1. The molecule has 0 saturated carbocycles. The molecule has 0 radical (unpaired) electrons. The third-order valence-corrected chi connectivity index (χ3v) is 4.59. The number of aliphatic imine (C=N–C) groups is 1. The zero-order valence-corrected chi connectivity index (χ0v) is 18.6. The number of aromatic nitrogens is 2. The van der Waals surface area contributed by atoms with Gasteiger partial charge in [0.1, 0.15) is 0 Å². The van der Waals surface area contributed by atoms with Crippen molar-refractivity contribution in [2.45, 2.75) is 32.7 Å². The van der Waals surface area contributed by atoms with Gasteiger partial charge < -0.3 is 20.1 Å². The maximum atomic E-state index is 11.7. The molecule has 1 aromatic heterocycles. The minimum Gasteiger partial charge on any atom is -0.357 e. The normalized spacial score (nSPS) is 14.1. The first-order chi connectivity index (χ1) is 13.3. The van der Waals surface area contributed by atoms with Gasteiger partial charge in [-0.25, -0.2) is 9.98 Å². The van der Waals surface area contributed by atoms with Gasteiger partial charge in [0, 0.05) is 45.0 Å². The van der Waals surface area contributed by atoms with Crippen LogP contribution in [-0.2, 0) is 11.3 Å². The molecule has 28 heavy (non-hydrogen) atoms. The second-order valence-electron chi connectivity index (χ2n) is 6.56. The number of nitrogens with zero attached hydrogens (tertiary/aromatic N) is 4. The lowest BCUT2D eigenvalue weighted by Crippen LogP contribution is -2.39. The number of guanidine groups is 1. The zero-order valence-electron chi connectivity index (χ0n) is 16.3. The van der Waals surface area contributed by atoms with E-state index in [2.05, 4.69) is 34.7 Å². The van der Waals surface area contributed by atoms with Gasteiger partial charge in [-0.2, -0.15) is 0 Å². The Bertz CT molecular complexity index is 762. The summed E-state index contributed by atoms with van der Waals surface area (Å²) in [5.74, 6) is 1.08. The van der Waals surface area contributed by atoms with Gasteiger partial charge in [0.2, 0.25) is 5.91 Å². The minimum atomic E-state index is 0. The second kappa shape index (κ2) is 11.7. The summed E-state index contributed by atoms with van der Waals surface area (Å²) in [5, 5.41) is 6.65. The lowest BCUT2D eigenvalue weighted by atomic mass is 10.2. The summed E-state index contributed by atoms with van der Waals surface area (Å²) in [4.78, 5) is 22.5. The van der Waals surface area contributed by atoms with Crippen LogP contribution in [0.1, 0.15) is 31.7 Å². The SMILES string of the molecule is CCNC(=NCc1ccccc1-n1ccnc1)NCCCN1CCCC1=O.I. The van der Waals surface area contributed by atoms with Crippen LogP contribution in [0, 0.1) is 0 Å². The molecule has 3 rings (SSSR count). The molecule has 152 valence electrons. The van der Waals surface area contributed by atoms with Gasteiger partial charge in [-0.15, -0.1) is 24.0 Å². The highest BCUT2D eigenvalue weighted by Gasteiger charge is 2.18. The molecule has 1 aliphatic rings. The van der Waals surface area contributed by atoms with Crippen molar-refractivity contribution in [3.8, 4) is 5.69 Å². The maximum absolute atomic E-state index is 11.7. The van der Waals surface area contributed by atoms with Crippen LogP contribution in [0.25, 0.3) is 5.69 Å². The molecule has 0 unspecified atom stereocenters. The van der Waals surface area contributed by atoms with Crippen molar-refractivity contribution in [1.29, 1.82) is 0 Å². The van der Waals surface area contributed by atoms with E-state index in [0.29, 0.717) is 13.0 Å². The van der Waals surface area contributed by atoms with Gasteiger partial charge in [-0.05, 0) is 31.4 Å². The Morgan fingerprint density at radius 1 is 1.29 bits per heavy atom. The molecule has 2 aromatic rings. The van der Waals surface area contributed by atoms with Crippen LogP contribution in [0.4, 0.5) is 0 Å². The standard InChI is InChI=1S/C20H28N6O.HI/c1-2-22-20(23-10-6-13-25-12-5-9-19(25)27)24-15-17-7-3-4-8-18(17)26-14-11-21-16-26;/h3-4,7-8,11,14,16H,2,5-6,9-10,12-13,15H2,1H3,(H2,22,23,24);1H. The van der Waals surface area contributed by atoms with E-state index in [-0.39, 0.29) is 29.9 Å². The summed E-state index contributed by atoms with van der Waals surface area (Å²) in [7, 11) is 0. The van der Waals surface area contributed by atoms with Crippen molar-refractivity contribution in [2.75, 3.05) is 26.2 Å². The molecule has 1 aromatic carbocycles. The van der Waals surface area contributed by atoms with E-state index in [1.807, 2.05) is 27.8 Å². The molecule has 8 heteroatoms. The van der Waals surface area contributed by atoms with Crippen LogP contribution in [0.2, 0.25) is 0 Å². The van der Waals surface area contributed by atoms with Crippen molar-refractivity contribution in [3.63, 3.8) is 0 Å². The second-order valence-corrected chi connectivity index (χ2v) is 6.56. The van der Waals surface area contributed by atoms with E-state index in [4.69, 9.17) is 4.99 Å². The Balaban J connectivity index is 0.00000280. The van der Waals surface area contributed by atoms with E-state index < -0.39 is 0 Å². The maximum Gasteiger partial charge on any atom is 0.222 e. The smallest absolute Gasteiger partial charge is 0.222 e. The molecule has 0 bridgehead atoms. The number of para-hydroxylation sites is 1. The topological polar surface area (TPSA) is 74.6 Å². The Labute approximate surface area is 183 Å². The van der Waals surface area contributed by atoms with Crippen LogP contribution in [0.5, 0.6) is 0 Å². The lowest BCUT2D eigenvalue weighted by molar-refractivity contribution is -0.127. The molecule has 7 nitrogen and oxygen atoms in total. The first kappa shape index (κ1) is 22.2. The van der Waals surface area contributed by atoms with Gasteiger partial charge in [-0.1, -0.05) is 18.2 Å². The predicted molar refractivity (Wildman–Crippen MR) is 122 cm³/mol. The molecule has 0 atom stereocenters. The fraction of sp³-hybridized carbons (Fsp3) is 0.450. The van der Waals surface area contributed by atoms with Crippen LogP contribution in [0.3, 0.4) is 0 Å². The summed E-state index contributed by atoms with van der Waals surface area (Å²) in [6, 6.07) is 8.20. The number of nitrogens with one attached hydrogen (secondary N) is 2. The molecule has 1 fully saturated rings. The Morgan fingerprint density at radius 2 is 2.14 bits per heavy atom. The van der Waals surface area contributed by atoms with Gasteiger partial charge in [0.25, 0.3) is 0 Å². The molecule has 1 amide bonds. The van der Waals surface area contributed by atoms with E-state index in [9.17, 15) is 4.79 Å². The number of carbonyl (C=O) groups excluding carboxylic acids is 1. The van der Waals surface area contributed by atoms with Crippen molar-refractivity contribution < 1.29 is 4.79 Å². The molecule has 2 heterocycles.